The molecule has 0 atom stereocenters. The van der Waals surface area contributed by atoms with E-state index in [0.29, 0.717) is 37.6 Å². The normalized spacial score (nSPS) is 16.4. The molecule has 0 saturated carbocycles. The van der Waals surface area contributed by atoms with Crippen LogP contribution in [0.4, 0.5) is 0 Å². The van der Waals surface area contributed by atoms with E-state index < -0.39 is 10.0 Å². The van der Waals surface area contributed by atoms with E-state index in [4.69, 9.17) is 4.52 Å². The summed E-state index contributed by atoms with van der Waals surface area (Å²) in [5.74, 6) is 1.23. The summed E-state index contributed by atoms with van der Waals surface area (Å²) in [4.78, 5) is 4.55. The number of aromatic nitrogens is 2. The average Bonchev–Trinajstić information content (AvgIpc) is 3.24. The first-order valence-corrected chi connectivity index (χ1v) is 11.2. The number of sulfonamides is 1. The van der Waals surface area contributed by atoms with Crippen LogP contribution >= 0.6 is 0 Å². The zero-order valence-electron chi connectivity index (χ0n) is 16.2. The number of hydrogen-bond acceptors (Lipinski definition) is 5. The smallest absolute Gasteiger partial charge is 0.236 e. The van der Waals surface area contributed by atoms with Gasteiger partial charge in [-0.2, -0.15) is 9.29 Å². The third-order valence-electron chi connectivity index (χ3n) is 5.11. The van der Waals surface area contributed by atoms with Crippen LogP contribution in [0.15, 0.2) is 64.5 Å². The highest BCUT2D eigenvalue weighted by atomic mass is 32.2. The molecule has 0 N–H and O–H groups in total. The van der Waals surface area contributed by atoms with Crippen LogP contribution in [-0.4, -0.2) is 36.0 Å². The first-order chi connectivity index (χ1) is 14.0. The third-order valence-corrected chi connectivity index (χ3v) is 6.68. The minimum absolute atomic E-state index is 0.0746. The van der Waals surface area contributed by atoms with Crippen LogP contribution in [0, 0.1) is 6.92 Å². The molecule has 0 aliphatic carbocycles. The van der Waals surface area contributed by atoms with E-state index in [2.05, 4.69) is 10.1 Å². The number of rotatable bonds is 5. The maximum atomic E-state index is 12.6. The van der Waals surface area contributed by atoms with Crippen molar-refractivity contribution in [2.24, 2.45) is 0 Å². The molecule has 0 unspecified atom stereocenters. The van der Waals surface area contributed by atoms with Crippen LogP contribution < -0.4 is 0 Å². The second-order valence-electron chi connectivity index (χ2n) is 7.26. The monoisotopic (exact) mass is 409 g/mol. The molecule has 1 saturated heterocycles. The van der Waals surface area contributed by atoms with Crippen LogP contribution in [0.1, 0.15) is 35.8 Å². The van der Waals surface area contributed by atoms with Gasteiger partial charge in [-0.15, -0.1) is 0 Å². The number of piperidine rings is 1. The molecule has 0 amide bonds. The standard InChI is InChI=1S/C22H23N3O3S/c1-17-6-5-9-20(16-17)21-23-22(28-24-21)19-10-13-25(14-11-19)29(26,27)15-12-18-7-3-2-4-8-18/h2-9,12,15-16,19H,10-11,13-14H2,1H3. The van der Waals surface area contributed by atoms with Gasteiger partial charge in [0.2, 0.25) is 21.7 Å². The molecule has 1 fully saturated rings. The summed E-state index contributed by atoms with van der Waals surface area (Å²) in [7, 11) is -3.44. The summed E-state index contributed by atoms with van der Waals surface area (Å²) >= 11 is 0. The first-order valence-electron chi connectivity index (χ1n) is 9.65. The van der Waals surface area contributed by atoms with Crippen LogP contribution in [0.3, 0.4) is 0 Å². The zero-order chi connectivity index (χ0) is 20.3. The van der Waals surface area contributed by atoms with Crippen LogP contribution in [0.2, 0.25) is 0 Å². The predicted molar refractivity (Wildman–Crippen MR) is 112 cm³/mol. The van der Waals surface area contributed by atoms with Gasteiger partial charge >= 0.3 is 0 Å². The minimum atomic E-state index is -3.44. The highest BCUT2D eigenvalue weighted by Gasteiger charge is 2.30. The first kappa shape index (κ1) is 19.5. The van der Waals surface area contributed by atoms with E-state index >= 15 is 0 Å². The van der Waals surface area contributed by atoms with E-state index in [1.165, 1.54) is 9.71 Å². The Morgan fingerprint density at radius 1 is 1.07 bits per heavy atom. The van der Waals surface area contributed by atoms with Crippen molar-refractivity contribution in [2.45, 2.75) is 25.7 Å². The number of benzene rings is 2. The Bertz CT molecular complexity index is 1100. The Labute approximate surface area is 170 Å². The molecule has 0 radical (unpaired) electrons. The number of aryl methyl sites for hydroxylation is 1. The molecule has 150 valence electrons. The molecule has 1 aromatic heterocycles. The second-order valence-corrected chi connectivity index (χ2v) is 9.08. The summed E-state index contributed by atoms with van der Waals surface area (Å²) in [5, 5.41) is 5.39. The van der Waals surface area contributed by atoms with Crippen molar-refractivity contribution in [2.75, 3.05) is 13.1 Å². The van der Waals surface area contributed by atoms with Gasteiger partial charge in [0.15, 0.2) is 0 Å². The molecule has 1 aliphatic heterocycles. The SMILES string of the molecule is Cc1cccc(-c2noc(C3CCN(S(=O)(=O)C=Cc4ccccc4)CC3)n2)c1. The van der Waals surface area contributed by atoms with Crippen LogP contribution in [0.25, 0.3) is 17.5 Å². The summed E-state index contributed by atoms with van der Waals surface area (Å²) < 4.78 is 32.2. The van der Waals surface area contributed by atoms with Crippen molar-refractivity contribution < 1.29 is 12.9 Å². The van der Waals surface area contributed by atoms with E-state index in [-0.39, 0.29) is 5.92 Å². The molecule has 4 rings (SSSR count). The lowest BCUT2D eigenvalue weighted by atomic mass is 9.98. The van der Waals surface area contributed by atoms with Gasteiger partial charge in [-0.25, -0.2) is 8.42 Å². The fourth-order valence-corrected chi connectivity index (χ4v) is 4.70. The van der Waals surface area contributed by atoms with Crippen molar-refractivity contribution >= 4 is 16.1 Å². The van der Waals surface area contributed by atoms with E-state index in [1.807, 2.05) is 61.5 Å². The summed E-state index contributed by atoms with van der Waals surface area (Å²) in [6, 6.07) is 17.4. The zero-order valence-corrected chi connectivity index (χ0v) is 17.0. The molecule has 1 aliphatic rings. The molecule has 2 heterocycles. The lowest BCUT2D eigenvalue weighted by molar-refractivity contribution is 0.272. The fraction of sp³-hybridized carbons (Fsp3) is 0.273. The van der Waals surface area contributed by atoms with E-state index in [1.54, 1.807) is 6.08 Å². The highest BCUT2D eigenvalue weighted by molar-refractivity contribution is 7.92. The number of hydrogen-bond donors (Lipinski definition) is 0. The van der Waals surface area contributed by atoms with Crippen molar-refractivity contribution in [3.63, 3.8) is 0 Å². The molecular weight excluding hydrogens is 386 g/mol. The van der Waals surface area contributed by atoms with Gasteiger partial charge in [-0.05, 0) is 37.5 Å². The molecule has 29 heavy (non-hydrogen) atoms. The van der Waals surface area contributed by atoms with Gasteiger partial charge in [-0.1, -0.05) is 59.3 Å². The maximum absolute atomic E-state index is 12.6. The topological polar surface area (TPSA) is 76.3 Å². The third kappa shape index (κ3) is 4.63. The Hall–Kier alpha value is -2.77. The van der Waals surface area contributed by atoms with Gasteiger partial charge < -0.3 is 4.52 Å². The second kappa shape index (κ2) is 8.31. The van der Waals surface area contributed by atoms with Gasteiger partial charge in [0.1, 0.15) is 0 Å². The lowest BCUT2D eigenvalue weighted by Gasteiger charge is -2.28. The van der Waals surface area contributed by atoms with Gasteiger partial charge in [0.25, 0.3) is 0 Å². The van der Waals surface area contributed by atoms with Crippen molar-refractivity contribution in [1.29, 1.82) is 0 Å². The van der Waals surface area contributed by atoms with E-state index in [0.717, 1.165) is 16.7 Å². The molecule has 7 heteroatoms. The van der Waals surface area contributed by atoms with Gasteiger partial charge in [0, 0.05) is 30.0 Å². The molecule has 3 aromatic rings. The quantitative estimate of drug-likeness (QED) is 0.630. The summed E-state index contributed by atoms with van der Waals surface area (Å²) in [5.41, 5.74) is 2.92. The summed E-state index contributed by atoms with van der Waals surface area (Å²) in [6.45, 7) is 2.90. The predicted octanol–water partition coefficient (Wildman–Crippen LogP) is 4.23. The Balaban J connectivity index is 1.40. The molecular formula is C22H23N3O3S. The molecule has 6 nitrogen and oxygen atoms in total. The van der Waals surface area contributed by atoms with Crippen molar-refractivity contribution in [3.8, 4) is 11.4 Å². The lowest BCUT2D eigenvalue weighted by Crippen LogP contribution is -2.36. The molecule has 2 aromatic carbocycles. The average molecular weight is 410 g/mol. The minimum Gasteiger partial charge on any atom is -0.339 e. The Morgan fingerprint density at radius 2 is 1.83 bits per heavy atom. The highest BCUT2D eigenvalue weighted by Crippen LogP contribution is 2.30. The Morgan fingerprint density at radius 3 is 2.55 bits per heavy atom. The fourth-order valence-electron chi connectivity index (χ4n) is 3.47. The van der Waals surface area contributed by atoms with Crippen molar-refractivity contribution in [1.82, 2.24) is 14.4 Å². The van der Waals surface area contributed by atoms with Crippen LogP contribution in [0.5, 0.6) is 0 Å². The maximum Gasteiger partial charge on any atom is 0.236 e. The summed E-state index contributed by atoms with van der Waals surface area (Å²) in [6.07, 6.45) is 2.95. The van der Waals surface area contributed by atoms with Crippen LogP contribution in [-0.2, 0) is 10.0 Å². The van der Waals surface area contributed by atoms with Crippen molar-refractivity contribution in [3.05, 3.63) is 77.0 Å². The molecule has 0 spiro atoms. The molecule has 0 bridgehead atoms. The largest absolute Gasteiger partial charge is 0.339 e. The van der Waals surface area contributed by atoms with Gasteiger partial charge in [0.05, 0.1) is 0 Å². The van der Waals surface area contributed by atoms with E-state index in [9.17, 15) is 8.42 Å². The van der Waals surface area contributed by atoms with Gasteiger partial charge in [-0.3, -0.25) is 0 Å². The number of nitrogens with zero attached hydrogens (tertiary/aromatic N) is 3. The Kier molecular flexibility index (Phi) is 5.60.